The molecule has 0 spiro atoms. The Hall–Kier alpha value is -1.90. The standard InChI is InChI=1S/C10H6N2O/c1-2-7-8-3-5-13-10(8)12-6-9(7)11-4-1/h1-6H. The van der Waals surface area contributed by atoms with E-state index in [1.165, 1.54) is 0 Å². The van der Waals surface area contributed by atoms with Crippen LogP contribution in [0.5, 0.6) is 0 Å². The van der Waals surface area contributed by atoms with Crippen LogP contribution in [0, 0.1) is 0 Å². The lowest BCUT2D eigenvalue weighted by Gasteiger charge is -1.94. The van der Waals surface area contributed by atoms with E-state index < -0.39 is 0 Å². The number of nitrogens with zero attached hydrogens (tertiary/aromatic N) is 2. The largest absolute Gasteiger partial charge is 0.446 e. The zero-order valence-corrected chi connectivity index (χ0v) is 6.77. The molecule has 0 N–H and O–H groups in total. The van der Waals surface area contributed by atoms with Crippen LogP contribution in [0.2, 0.25) is 0 Å². The highest BCUT2D eigenvalue weighted by molar-refractivity contribution is 6.01. The molecule has 0 saturated heterocycles. The number of pyridine rings is 2. The maximum atomic E-state index is 5.19. The van der Waals surface area contributed by atoms with Crippen molar-refractivity contribution in [3.8, 4) is 0 Å². The predicted molar refractivity (Wildman–Crippen MR) is 49.3 cm³/mol. The second-order valence-electron chi connectivity index (χ2n) is 2.83. The third-order valence-corrected chi connectivity index (χ3v) is 2.08. The molecule has 0 radical (unpaired) electrons. The zero-order valence-electron chi connectivity index (χ0n) is 6.77. The minimum Gasteiger partial charge on any atom is -0.446 e. The summed E-state index contributed by atoms with van der Waals surface area (Å²) in [5.41, 5.74) is 1.57. The molecule has 0 amide bonds. The molecule has 3 aromatic rings. The molecule has 3 heterocycles. The third kappa shape index (κ3) is 0.839. The summed E-state index contributed by atoms with van der Waals surface area (Å²) in [4.78, 5) is 8.35. The van der Waals surface area contributed by atoms with E-state index in [9.17, 15) is 0 Å². The fraction of sp³-hybridized carbons (Fsp3) is 0. The van der Waals surface area contributed by atoms with Gasteiger partial charge < -0.3 is 4.42 Å². The fourth-order valence-electron chi connectivity index (χ4n) is 1.47. The Morgan fingerprint density at radius 2 is 2.08 bits per heavy atom. The lowest BCUT2D eigenvalue weighted by Crippen LogP contribution is -1.80. The molecule has 3 aromatic heterocycles. The van der Waals surface area contributed by atoms with Crippen LogP contribution >= 0.6 is 0 Å². The topological polar surface area (TPSA) is 38.9 Å². The van der Waals surface area contributed by atoms with E-state index >= 15 is 0 Å². The van der Waals surface area contributed by atoms with Gasteiger partial charge in [0.25, 0.3) is 0 Å². The van der Waals surface area contributed by atoms with E-state index in [2.05, 4.69) is 9.97 Å². The first-order valence-corrected chi connectivity index (χ1v) is 4.02. The average molecular weight is 170 g/mol. The summed E-state index contributed by atoms with van der Waals surface area (Å²) in [6.07, 6.45) is 5.13. The number of aromatic nitrogens is 2. The van der Waals surface area contributed by atoms with Gasteiger partial charge in [0.15, 0.2) is 0 Å². The molecular formula is C10H6N2O. The Labute approximate surface area is 74.0 Å². The monoisotopic (exact) mass is 170 g/mol. The van der Waals surface area contributed by atoms with Crippen LogP contribution in [0.15, 0.2) is 41.3 Å². The molecule has 0 aliphatic carbocycles. The Bertz CT molecular complexity index is 571. The molecule has 0 aliphatic rings. The molecule has 3 nitrogen and oxygen atoms in total. The SMILES string of the molecule is c1cnc2cnc3occc3c2c1. The smallest absolute Gasteiger partial charge is 0.226 e. The Kier molecular flexibility index (Phi) is 1.16. The zero-order chi connectivity index (χ0) is 8.67. The van der Waals surface area contributed by atoms with Crippen molar-refractivity contribution in [2.75, 3.05) is 0 Å². The summed E-state index contributed by atoms with van der Waals surface area (Å²) in [5.74, 6) is 0. The lowest BCUT2D eigenvalue weighted by atomic mass is 10.2. The van der Waals surface area contributed by atoms with Gasteiger partial charge in [-0.25, -0.2) is 4.98 Å². The van der Waals surface area contributed by atoms with E-state index in [1.54, 1.807) is 18.7 Å². The highest BCUT2D eigenvalue weighted by Crippen LogP contribution is 2.21. The van der Waals surface area contributed by atoms with Crippen molar-refractivity contribution in [3.05, 3.63) is 36.9 Å². The van der Waals surface area contributed by atoms with Crippen LogP contribution in [0.3, 0.4) is 0 Å². The van der Waals surface area contributed by atoms with Crippen molar-refractivity contribution in [2.45, 2.75) is 0 Å². The molecule has 0 unspecified atom stereocenters. The predicted octanol–water partition coefficient (Wildman–Crippen LogP) is 2.38. The molecule has 0 bridgehead atoms. The Morgan fingerprint density at radius 3 is 3.08 bits per heavy atom. The average Bonchev–Trinajstić information content (AvgIpc) is 2.65. The summed E-state index contributed by atoms with van der Waals surface area (Å²) in [6.45, 7) is 0. The van der Waals surface area contributed by atoms with Gasteiger partial charge in [-0.2, -0.15) is 0 Å². The first-order valence-electron chi connectivity index (χ1n) is 4.02. The van der Waals surface area contributed by atoms with Crippen LogP contribution in [-0.2, 0) is 0 Å². The molecule has 3 heteroatoms. The highest BCUT2D eigenvalue weighted by Gasteiger charge is 2.02. The first-order chi connectivity index (χ1) is 6.45. The second-order valence-corrected chi connectivity index (χ2v) is 2.83. The molecule has 0 aliphatic heterocycles. The molecule has 3 rings (SSSR count). The van der Waals surface area contributed by atoms with Crippen LogP contribution in [0.1, 0.15) is 0 Å². The van der Waals surface area contributed by atoms with E-state index in [0.29, 0.717) is 5.71 Å². The van der Waals surface area contributed by atoms with Crippen LogP contribution < -0.4 is 0 Å². The van der Waals surface area contributed by atoms with E-state index in [0.717, 1.165) is 16.3 Å². The maximum Gasteiger partial charge on any atom is 0.226 e. The molecule has 0 saturated carbocycles. The van der Waals surface area contributed by atoms with Crippen LogP contribution in [0.4, 0.5) is 0 Å². The van der Waals surface area contributed by atoms with Gasteiger partial charge in [0.1, 0.15) is 0 Å². The van der Waals surface area contributed by atoms with Gasteiger partial charge in [-0.15, -0.1) is 0 Å². The summed E-state index contributed by atoms with van der Waals surface area (Å²) in [5, 5.41) is 2.10. The number of rotatable bonds is 0. The number of furan rings is 1. The van der Waals surface area contributed by atoms with E-state index in [-0.39, 0.29) is 0 Å². The van der Waals surface area contributed by atoms with E-state index in [4.69, 9.17) is 4.42 Å². The van der Waals surface area contributed by atoms with Crippen molar-refractivity contribution in [3.63, 3.8) is 0 Å². The summed E-state index contributed by atoms with van der Waals surface area (Å²) in [6, 6.07) is 5.84. The maximum absolute atomic E-state index is 5.19. The van der Waals surface area contributed by atoms with Crippen molar-refractivity contribution in [1.82, 2.24) is 9.97 Å². The van der Waals surface area contributed by atoms with E-state index in [1.807, 2.05) is 18.2 Å². The lowest BCUT2D eigenvalue weighted by molar-refractivity contribution is 0.603. The normalized spacial score (nSPS) is 11.1. The van der Waals surface area contributed by atoms with Gasteiger partial charge in [-0.3, -0.25) is 4.98 Å². The molecular weight excluding hydrogens is 164 g/mol. The first kappa shape index (κ1) is 6.60. The van der Waals surface area contributed by atoms with Crippen molar-refractivity contribution in [1.29, 1.82) is 0 Å². The molecule has 13 heavy (non-hydrogen) atoms. The molecule has 0 fully saturated rings. The van der Waals surface area contributed by atoms with Gasteiger partial charge in [-0.05, 0) is 12.1 Å². The Balaban J connectivity index is 2.65. The molecule has 0 aromatic carbocycles. The van der Waals surface area contributed by atoms with Gasteiger partial charge >= 0.3 is 0 Å². The summed E-state index contributed by atoms with van der Waals surface area (Å²) in [7, 11) is 0. The van der Waals surface area contributed by atoms with Crippen molar-refractivity contribution in [2.24, 2.45) is 0 Å². The van der Waals surface area contributed by atoms with Gasteiger partial charge in [0, 0.05) is 17.0 Å². The summed E-state index contributed by atoms with van der Waals surface area (Å²) >= 11 is 0. The van der Waals surface area contributed by atoms with Crippen molar-refractivity contribution < 1.29 is 4.42 Å². The van der Waals surface area contributed by atoms with Gasteiger partial charge in [0.05, 0.1) is 18.0 Å². The fourth-order valence-corrected chi connectivity index (χ4v) is 1.47. The quantitative estimate of drug-likeness (QED) is 0.520. The van der Waals surface area contributed by atoms with Crippen molar-refractivity contribution >= 4 is 22.0 Å². The minimum atomic E-state index is 0.667. The highest BCUT2D eigenvalue weighted by atomic mass is 16.3. The number of hydrogen-bond donors (Lipinski definition) is 0. The minimum absolute atomic E-state index is 0.667. The third-order valence-electron chi connectivity index (χ3n) is 2.08. The number of fused-ring (bicyclic) bond motifs is 3. The van der Waals surface area contributed by atoms with Gasteiger partial charge in [-0.1, -0.05) is 6.07 Å². The molecule has 0 atom stereocenters. The second kappa shape index (κ2) is 2.29. The Morgan fingerprint density at radius 1 is 1.08 bits per heavy atom. The number of hydrogen-bond acceptors (Lipinski definition) is 3. The van der Waals surface area contributed by atoms with Crippen LogP contribution in [0.25, 0.3) is 22.0 Å². The van der Waals surface area contributed by atoms with Crippen LogP contribution in [-0.4, -0.2) is 9.97 Å². The summed E-state index contributed by atoms with van der Waals surface area (Å²) < 4.78 is 5.19. The van der Waals surface area contributed by atoms with Gasteiger partial charge in [0.2, 0.25) is 5.71 Å². The molecule has 62 valence electrons.